The summed E-state index contributed by atoms with van der Waals surface area (Å²) >= 11 is 0. The molecule has 1 aliphatic rings. The van der Waals surface area contributed by atoms with E-state index >= 15 is 0 Å². The molecule has 18 heavy (non-hydrogen) atoms. The summed E-state index contributed by atoms with van der Waals surface area (Å²) in [6, 6.07) is 0. The summed E-state index contributed by atoms with van der Waals surface area (Å²) in [5, 5.41) is 11.6. The van der Waals surface area contributed by atoms with Crippen molar-refractivity contribution in [1.82, 2.24) is 5.32 Å². The SMILES string of the molecule is CCOCCOCC(=O)NC1(C(=O)O)CCOC1. The largest absolute Gasteiger partial charge is 0.479 e. The molecule has 1 fully saturated rings. The highest BCUT2D eigenvalue weighted by atomic mass is 16.5. The summed E-state index contributed by atoms with van der Waals surface area (Å²) in [6.45, 7) is 3.32. The van der Waals surface area contributed by atoms with Crippen molar-refractivity contribution in [1.29, 1.82) is 0 Å². The molecular weight excluding hydrogens is 242 g/mol. The number of carbonyl (C=O) groups excluding carboxylic acids is 1. The lowest BCUT2D eigenvalue weighted by Gasteiger charge is -2.23. The number of carboxylic acid groups (broad SMARTS) is 1. The van der Waals surface area contributed by atoms with Gasteiger partial charge in [-0.15, -0.1) is 0 Å². The van der Waals surface area contributed by atoms with Crippen LogP contribution < -0.4 is 5.32 Å². The Morgan fingerprint density at radius 1 is 1.39 bits per heavy atom. The summed E-state index contributed by atoms with van der Waals surface area (Å²) in [5.41, 5.74) is -1.31. The van der Waals surface area contributed by atoms with Gasteiger partial charge in [0.25, 0.3) is 0 Å². The van der Waals surface area contributed by atoms with Gasteiger partial charge in [-0.05, 0) is 6.92 Å². The molecule has 1 aliphatic heterocycles. The minimum absolute atomic E-state index is 0.00693. The Morgan fingerprint density at radius 2 is 2.11 bits per heavy atom. The first-order valence-electron chi connectivity index (χ1n) is 5.88. The number of rotatable bonds is 8. The van der Waals surface area contributed by atoms with Crippen LogP contribution in [0.25, 0.3) is 0 Å². The van der Waals surface area contributed by atoms with Gasteiger partial charge >= 0.3 is 5.97 Å². The first-order valence-corrected chi connectivity index (χ1v) is 5.88. The molecule has 7 nitrogen and oxygen atoms in total. The minimum atomic E-state index is -1.31. The van der Waals surface area contributed by atoms with Crippen molar-refractivity contribution in [3.63, 3.8) is 0 Å². The van der Waals surface area contributed by atoms with Crippen LogP contribution in [0, 0.1) is 0 Å². The lowest BCUT2D eigenvalue weighted by molar-refractivity contribution is -0.148. The Hall–Kier alpha value is -1.18. The van der Waals surface area contributed by atoms with Crippen LogP contribution in [0.3, 0.4) is 0 Å². The maximum absolute atomic E-state index is 11.5. The molecule has 0 aliphatic carbocycles. The van der Waals surface area contributed by atoms with Gasteiger partial charge in [-0.2, -0.15) is 0 Å². The van der Waals surface area contributed by atoms with Gasteiger partial charge in [0.2, 0.25) is 5.91 Å². The zero-order valence-corrected chi connectivity index (χ0v) is 10.4. The second-order valence-electron chi connectivity index (χ2n) is 3.99. The molecule has 0 saturated carbocycles. The Bertz CT molecular complexity index is 287. The smallest absolute Gasteiger partial charge is 0.331 e. The Morgan fingerprint density at radius 3 is 2.67 bits per heavy atom. The number of ether oxygens (including phenoxy) is 3. The highest BCUT2D eigenvalue weighted by Gasteiger charge is 2.43. The van der Waals surface area contributed by atoms with E-state index in [0.29, 0.717) is 26.4 Å². The number of carbonyl (C=O) groups is 2. The van der Waals surface area contributed by atoms with Gasteiger partial charge in [0.1, 0.15) is 6.61 Å². The predicted octanol–water partition coefficient (Wildman–Crippen LogP) is -0.601. The van der Waals surface area contributed by atoms with Crippen LogP contribution in [0.15, 0.2) is 0 Å². The number of hydrogen-bond donors (Lipinski definition) is 2. The van der Waals surface area contributed by atoms with Crippen LogP contribution in [-0.4, -0.2) is 62.2 Å². The van der Waals surface area contributed by atoms with Crippen LogP contribution in [0.4, 0.5) is 0 Å². The number of nitrogens with one attached hydrogen (secondary N) is 1. The molecule has 1 atom stereocenters. The van der Waals surface area contributed by atoms with Crippen molar-refractivity contribution in [3.05, 3.63) is 0 Å². The molecule has 0 spiro atoms. The van der Waals surface area contributed by atoms with Crippen molar-refractivity contribution < 1.29 is 28.9 Å². The van der Waals surface area contributed by atoms with E-state index in [9.17, 15) is 9.59 Å². The average molecular weight is 261 g/mol. The number of hydrogen-bond acceptors (Lipinski definition) is 5. The van der Waals surface area contributed by atoms with Crippen LogP contribution >= 0.6 is 0 Å². The van der Waals surface area contributed by atoms with Crippen molar-refractivity contribution >= 4 is 11.9 Å². The van der Waals surface area contributed by atoms with Crippen LogP contribution in [-0.2, 0) is 23.8 Å². The highest BCUT2D eigenvalue weighted by molar-refractivity contribution is 5.87. The van der Waals surface area contributed by atoms with E-state index in [1.165, 1.54) is 0 Å². The molecule has 1 amide bonds. The molecule has 0 radical (unpaired) electrons. The molecule has 104 valence electrons. The lowest BCUT2D eigenvalue weighted by atomic mass is 9.99. The fraction of sp³-hybridized carbons (Fsp3) is 0.818. The molecule has 1 rings (SSSR count). The van der Waals surface area contributed by atoms with E-state index in [-0.39, 0.29) is 19.6 Å². The van der Waals surface area contributed by atoms with Gasteiger partial charge in [0.05, 0.1) is 19.8 Å². The second kappa shape index (κ2) is 7.30. The van der Waals surface area contributed by atoms with Crippen LogP contribution in [0.5, 0.6) is 0 Å². The van der Waals surface area contributed by atoms with E-state index in [2.05, 4.69) is 5.32 Å². The average Bonchev–Trinajstić information content (AvgIpc) is 2.78. The Labute approximate surface area is 105 Å². The van der Waals surface area contributed by atoms with Crippen molar-refractivity contribution in [2.75, 3.05) is 39.6 Å². The monoisotopic (exact) mass is 261 g/mol. The van der Waals surface area contributed by atoms with Crippen molar-refractivity contribution in [2.45, 2.75) is 18.9 Å². The molecule has 0 bridgehead atoms. The third-order valence-electron chi connectivity index (χ3n) is 2.62. The van der Waals surface area contributed by atoms with E-state index in [1.54, 1.807) is 0 Å². The predicted molar refractivity (Wildman–Crippen MR) is 61.3 cm³/mol. The van der Waals surface area contributed by atoms with Gasteiger partial charge in [0, 0.05) is 19.6 Å². The molecule has 1 unspecified atom stereocenters. The fourth-order valence-electron chi connectivity index (χ4n) is 1.62. The molecule has 1 heterocycles. The molecule has 2 N–H and O–H groups in total. The molecule has 0 aromatic rings. The molecular formula is C11H19NO6. The Balaban J connectivity index is 2.27. The van der Waals surface area contributed by atoms with E-state index < -0.39 is 17.4 Å². The van der Waals surface area contributed by atoms with Crippen molar-refractivity contribution in [2.24, 2.45) is 0 Å². The quantitative estimate of drug-likeness (QED) is 0.567. The van der Waals surface area contributed by atoms with E-state index in [0.717, 1.165) is 0 Å². The van der Waals surface area contributed by atoms with Gasteiger partial charge in [-0.1, -0.05) is 0 Å². The minimum Gasteiger partial charge on any atom is -0.479 e. The molecule has 0 aromatic heterocycles. The normalized spacial score (nSPS) is 22.9. The maximum atomic E-state index is 11.5. The zero-order valence-electron chi connectivity index (χ0n) is 10.4. The highest BCUT2D eigenvalue weighted by Crippen LogP contribution is 2.18. The van der Waals surface area contributed by atoms with Gasteiger partial charge in [-0.3, -0.25) is 4.79 Å². The third kappa shape index (κ3) is 4.25. The summed E-state index contributed by atoms with van der Waals surface area (Å²) in [4.78, 5) is 22.7. The van der Waals surface area contributed by atoms with Gasteiger partial charge in [-0.25, -0.2) is 4.79 Å². The molecule has 7 heteroatoms. The lowest BCUT2D eigenvalue weighted by Crippen LogP contribution is -2.56. The third-order valence-corrected chi connectivity index (χ3v) is 2.62. The number of amides is 1. The van der Waals surface area contributed by atoms with E-state index in [4.69, 9.17) is 19.3 Å². The Kier molecular flexibility index (Phi) is 6.03. The van der Waals surface area contributed by atoms with Gasteiger partial charge < -0.3 is 24.6 Å². The van der Waals surface area contributed by atoms with Gasteiger partial charge in [0.15, 0.2) is 5.54 Å². The number of carboxylic acids is 1. The summed E-state index contributed by atoms with van der Waals surface area (Å²) < 4.78 is 15.1. The van der Waals surface area contributed by atoms with Crippen LogP contribution in [0.2, 0.25) is 0 Å². The standard InChI is InChI=1S/C11H19NO6/c1-2-16-5-6-17-7-9(13)12-11(10(14)15)3-4-18-8-11/h2-8H2,1H3,(H,12,13)(H,14,15). The topological polar surface area (TPSA) is 94.1 Å². The van der Waals surface area contributed by atoms with Crippen molar-refractivity contribution in [3.8, 4) is 0 Å². The van der Waals surface area contributed by atoms with Crippen LogP contribution in [0.1, 0.15) is 13.3 Å². The molecule has 0 aromatic carbocycles. The van der Waals surface area contributed by atoms with E-state index in [1.807, 2.05) is 6.92 Å². The maximum Gasteiger partial charge on any atom is 0.331 e. The first kappa shape index (κ1) is 14.9. The summed E-state index contributed by atoms with van der Waals surface area (Å²) in [7, 11) is 0. The first-order chi connectivity index (χ1) is 8.60. The second-order valence-corrected chi connectivity index (χ2v) is 3.99. The fourth-order valence-corrected chi connectivity index (χ4v) is 1.62. The summed E-state index contributed by atoms with van der Waals surface area (Å²) in [6.07, 6.45) is 0.271. The molecule has 1 saturated heterocycles. The number of aliphatic carboxylic acids is 1. The zero-order chi connectivity index (χ0) is 13.4. The summed E-state index contributed by atoms with van der Waals surface area (Å²) in [5.74, 6) is -1.54.